The summed E-state index contributed by atoms with van der Waals surface area (Å²) in [6, 6.07) is 8.18. The van der Waals surface area contributed by atoms with Gasteiger partial charge in [0.25, 0.3) is 0 Å². The summed E-state index contributed by atoms with van der Waals surface area (Å²) in [5.41, 5.74) is -4.79. The lowest BCUT2D eigenvalue weighted by Gasteiger charge is -2.70. The Hall–Kier alpha value is -2.16. The van der Waals surface area contributed by atoms with Crippen LogP contribution in [0.15, 0.2) is 30.3 Å². The van der Waals surface area contributed by atoms with E-state index in [1.165, 1.54) is 14.0 Å². The number of hydrogen-bond donors (Lipinski definition) is 3. The van der Waals surface area contributed by atoms with Crippen molar-refractivity contribution in [3.8, 4) is 0 Å². The van der Waals surface area contributed by atoms with Crippen LogP contribution in [0.1, 0.15) is 37.0 Å². The molecule has 0 radical (unpaired) electrons. The SMILES string of the molecule is CCN1C[C@@]2(COC)C3C(OC)[C@H]4[C@@H]1[C@@]3(C1C[C@@]3(O)C(OC(=O)c5ccccc5)C1[C@]4(OC(C)=O)[C@@H](O)[C@H]3OC)[C@@H](OC)C[C@H]2O. The number of aliphatic hydroxyl groups excluding tert-OH is 2. The molecule has 1 heterocycles. The van der Waals surface area contributed by atoms with Crippen molar-refractivity contribution >= 4 is 11.9 Å². The minimum Gasteiger partial charge on any atom is -0.455 e. The topological polar surface area (TPSA) is 153 Å². The zero-order valence-corrected chi connectivity index (χ0v) is 27.3. The second-order valence-corrected chi connectivity index (χ2v) is 14.4. The van der Waals surface area contributed by atoms with Gasteiger partial charge in [-0.05, 0) is 31.0 Å². The van der Waals surface area contributed by atoms with Crippen molar-refractivity contribution in [2.45, 2.75) is 80.6 Å². The molecule has 46 heavy (non-hydrogen) atoms. The van der Waals surface area contributed by atoms with E-state index in [2.05, 4.69) is 4.90 Å². The van der Waals surface area contributed by atoms with Crippen LogP contribution in [0.25, 0.3) is 0 Å². The molecule has 1 saturated heterocycles. The molecule has 7 bridgehead atoms. The van der Waals surface area contributed by atoms with Gasteiger partial charge in [0, 0.05) is 83.0 Å². The number of methoxy groups -OCH3 is 4. The van der Waals surface area contributed by atoms with Gasteiger partial charge in [0.05, 0.1) is 30.5 Å². The molecule has 6 aliphatic rings. The maximum Gasteiger partial charge on any atom is 0.338 e. The Morgan fingerprint density at radius 1 is 1.00 bits per heavy atom. The Morgan fingerprint density at radius 2 is 1.72 bits per heavy atom. The molecule has 5 unspecified atom stereocenters. The molecular weight excluding hydrogens is 598 g/mol. The fraction of sp³-hybridized carbons (Fsp3) is 0.765. The van der Waals surface area contributed by atoms with Crippen molar-refractivity contribution in [1.82, 2.24) is 4.90 Å². The maximum absolute atomic E-state index is 13.8. The van der Waals surface area contributed by atoms with Crippen molar-refractivity contribution in [2.24, 2.45) is 34.5 Å². The molecule has 12 nitrogen and oxygen atoms in total. The molecular formula is C34H47NO11. The van der Waals surface area contributed by atoms with Crippen molar-refractivity contribution in [3.63, 3.8) is 0 Å². The van der Waals surface area contributed by atoms with Crippen LogP contribution < -0.4 is 0 Å². The minimum absolute atomic E-state index is 0.0791. The van der Waals surface area contributed by atoms with Gasteiger partial charge >= 0.3 is 11.9 Å². The van der Waals surface area contributed by atoms with Gasteiger partial charge in [-0.15, -0.1) is 0 Å². The molecule has 1 aromatic rings. The normalized spacial score (nSPS) is 49.9. The molecule has 3 N–H and O–H groups in total. The second kappa shape index (κ2) is 10.9. The lowest BCUT2D eigenvalue weighted by atomic mass is 9.42. The zero-order valence-electron chi connectivity index (χ0n) is 27.3. The third kappa shape index (κ3) is 3.62. The van der Waals surface area contributed by atoms with Gasteiger partial charge in [-0.2, -0.15) is 0 Å². The predicted octanol–water partition coefficient (Wildman–Crippen LogP) is 0.648. The van der Waals surface area contributed by atoms with Crippen LogP contribution in [0.2, 0.25) is 0 Å². The molecule has 1 spiro atoms. The highest BCUT2D eigenvalue weighted by Gasteiger charge is 2.92. The van der Waals surface area contributed by atoms with Gasteiger partial charge in [0.15, 0.2) is 5.60 Å². The number of fused-ring (bicyclic) bond motifs is 2. The van der Waals surface area contributed by atoms with Gasteiger partial charge in [-0.1, -0.05) is 25.1 Å². The van der Waals surface area contributed by atoms with Gasteiger partial charge in [0.2, 0.25) is 0 Å². The first-order valence-corrected chi connectivity index (χ1v) is 16.3. The van der Waals surface area contributed by atoms with Gasteiger partial charge in [-0.3, -0.25) is 9.69 Å². The molecule has 254 valence electrons. The van der Waals surface area contributed by atoms with E-state index < -0.39 is 88.3 Å². The number of aliphatic hydroxyl groups is 3. The van der Waals surface area contributed by atoms with E-state index in [0.717, 1.165) is 0 Å². The Bertz CT molecular complexity index is 1360. The van der Waals surface area contributed by atoms with E-state index in [4.69, 9.17) is 28.4 Å². The Labute approximate surface area is 269 Å². The molecule has 5 saturated carbocycles. The van der Waals surface area contributed by atoms with Crippen LogP contribution in [0.3, 0.4) is 0 Å². The molecule has 1 aliphatic heterocycles. The maximum atomic E-state index is 13.8. The third-order valence-corrected chi connectivity index (χ3v) is 13.2. The highest BCUT2D eigenvalue weighted by Crippen LogP contribution is 2.80. The minimum atomic E-state index is -1.83. The number of piperidine rings is 1. The van der Waals surface area contributed by atoms with Crippen LogP contribution in [0, 0.1) is 34.5 Å². The molecule has 6 fully saturated rings. The standard InChI is InChI=1S/C34H47NO11/c1-7-35-15-31(16-41-3)20(37)13-21(42-4)33-19-14-32(40)28(45-30(39)18-11-9-8-10-12-18)22(19)34(46-17(2)36,27(38)29(32)44-6)23(26(33)35)24(43-5)25(31)33/h8-12,19-29,37-38,40H,7,13-16H2,1-6H3/t19?,20-,21+,22?,23+,24?,25?,26-,27+,28?,29-,31+,32-,33+,34-/m1/s1. The van der Waals surface area contributed by atoms with Gasteiger partial charge < -0.3 is 43.7 Å². The summed E-state index contributed by atoms with van der Waals surface area (Å²) in [4.78, 5) is 29.3. The summed E-state index contributed by atoms with van der Waals surface area (Å²) in [6.45, 7) is 4.68. The first kappa shape index (κ1) is 32.4. The van der Waals surface area contributed by atoms with Gasteiger partial charge in [0.1, 0.15) is 23.9 Å². The van der Waals surface area contributed by atoms with E-state index in [0.29, 0.717) is 25.1 Å². The van der Waals surface area contributed by atoms with Crippen LogP contribution in [-0.2, 0) is 33.2 Å². The fourth-order valence-electron chi connectivity index (χ4n) is 12.3. The van der Waals surface area contributed by atoms with E-state index in [-0.39, 0.29) is 25.0 Å². The Kier molecular flexibility index (Phi) is 7.69. The lowest BCUT2D eigenvalue weighted by Crippen LogP contribution is -2.81. The average Bonchev–Trinajstić information content (AvgIpc) is 3.41. The monoisotopic (exact) mass is 645 g/mol. The average molecular weight is 646 g/mol. The number of rotatable bonds is 9. The third-order valence-electron chi connectivity index (χ3n) is 13.2. The number of ether oxygens (including phenoxy) is 6. The number of benzene rings is 1. The van der Waals surface area contributed by atoms with E-state index in [1.54, 1.807) is 51.7 Å². The molecule has 1 aromatic carbocycles. The second-order valence-electron chi connectivity index (χ2n) is 14.4. The molecule has 0 amide bonds. The molecule has 15 atom stereocenters. The summed E-state index contributed by atoms with van der Waals surface area (Å²) in [7, 11) is 6.27. The summed E-state index contributed by atoms with van der Waals surface area (Å²) in [5, 5.41) is 37.3. The summed E-state index contributed by atoms with van der Waals surface area (Å²) >= 11 is 0. The Morgan fingerprint density at radius 3 is 2.30 bits per heavy atom. The first-order chi connectivity index (χ1) is 22.0. The lowest BCUT2D eigenvalue weighted by molar-refractivity contribution is -0.322. The molecule has 0 aromatic heterocycles. The van der Waals surface area contributed by atoms with Crippen molar-refractivity contribution in [3.05, 3.63) is 35.9 Å². The Balaban J connectivity index is 1.53. The highest BCUT2D eigenvalue weighted by molar-refractivity contribution is 5.89. The van der Waals surface area contributed by atoms with Crippen molar-refractivity contribution in [1.29, 1.82) is 0 Å². The number of likely N-dealkylation sites (tertiary alicyclic amines) is 1. The number of esters is 2. The van der Waals surface area contributed by atoms with Crippen LogP contribution in [0.5, 0.6) is 0 Å². The van der Waals surface area contributed by atoms with Crippen molar-refractivity contribution in [2.75, 3.05) is 48.1 Å². The predicted molar refractivity (Wildman–Crippen MR) is 160 cm³/mol. The number of carbonyl (C=O) groups is 2. The summed E-state index contributed by atoms with van der Waals surface area (Å²) < 4.78 is 37.4. The van der Waals surface area contributed by atoms with Crippen LogP contribution in [0.4, 0.5) is 0 Å². The summed E-state index contributed by atoms with van der Waals surface area (Å²) in [5.74, 6) is -3.65. The van der Waals surface area contributed by atoms with Crippen LogP contribution in [-0.4, -0.2) is 134 Å². The van der Waals surface area contributed by atoms with E-state index in [9.17, 15) is 24.9 Å². The molecule has 12 heteroatoms. The molecule has 5 aliphatic carbocycles. The highest BCUT2D eigenvalue weighted by atomic mass is 16.6. The number of nitrogens with zero attached hydrogens (tertiary/aromatic N) is 1. The summed E-state index contributed by atoms with van der Waals surface area (Å²) in [6.07, 6.45) is -5.49. The van der Waals surface area contributed by atoms with E-state index >= 15 is 0 Å². The van der Waals surface area contributed by atoms with E-state index in [1.807, 2.05) is 6.92 Å². The molecule has 7 rings (SSSR count). The van der Waals surface area contributed by atoms with Gasteiger partial charge in [-0.25, -0.2) is 4.79 Å². The zero-order chi connectivity index (χ0) is 33.0. The fourth-order valence-corrected chi connectivity index (χ4v) is 12.3. The largest absolute Gasteiger partial charge is 0.455 e. The quantitative estimate of drug-likeness (QED) is 0.323. The van der Waals surface area contributed by atoms with Crippen molar-refractivity contribution < 1.29 is 53.3 Å². The first-order valence-electron chi connectivity index (χ1n) is 16.3. The van der Waals surface area contributed by atoms with Crippen LogP contribution >= 0.6 is 0 Å². The smallest absolute Gasteiger partial charge is 0.338 e. The number of hydrogen-bond acceptors (Lipinski definition) is 12. The number of carbonyl (C=O) groups excluding carboxylic acids is 2.